The van der Waals surface area contributed by atoms with Gasteiger partial charge in [-0.1, -0.05) is 19.3 Å². The number of aryl methyl sites for hydroxylation is 2. The zero-order valence-corrected chi connectivity index (χ0v) is 17.8. The van der Waals surface area contributed by atoms with Gasteiger partial charge in [-0.2, -0.15) is 0 Å². The summed E-state index contributed by atoms with van der Waals surface area (Å²) in [5, 5.41) is 0.765. The normalized spacial score (nSPS) is 17.1. The van der Waals surface area contributed by atoms with Crippen LogP contribution in [0.4, 0.5) is 0 Å². The average Bonchev–Trinajstić information content (AvgIpc) is 3.17. The lowest BCUT2D eigenvalue weighted by atomic mass is 9.93. The van der Waals surface area contributed by atoms with Gasteiger partial charge in [0, 0.05) is 23.3 Å². The van der Waals surface area contributed by atoms with Crippen LogP contribution in [0.3, 0.4) is 0 Å². The van der Waals surface area contributed by atoms with Crippen LogP contribution in [0.5, 0.6) is 0 Å². The number of carbonyl (C=O) groups is 1. The zero-order chi connectivity index (χ0) is 20.5. The summed E-state index contributed by atoms with van der Waals surface area (Å²) >= 11 is 1.65. The molecule has 0 radical (unpaired) electrons. The molecular formula is C23H26N4O2S. The summed E-state index contributed by atoms with van der Waals surface area (Å²) < 4.78 is 0. The molecule has 6 nitrogen and oxygen atoms in total. The fourth-order valence-corrected chi connectivity index (χ4v) is 6.14. The number of aromatic amines is 1. The number of aromatic nitrogens is 3. The van der Waals surface area contributed by atoms with Crippen molar-refractivity contribution in [2.45, 2.75) is 70.4 Å². The Morgan fingerprint density at radius 1 is 1.17 bits per heavy atom. The number of rotatable bonds is 4. The van der Waals surface area contributed by atoms with Gasteiger partial charge in [0.25, 0.3) is 11.5 Å². The summed E-state index contributed by atoms with van der Waals surface area (Å²) in [5.41, 5.74) is 1.71. The van der Waals surface area contributed by atoms with Crippen LogP contribution >= 0.6 is 11.3 Å². The van der Waals surface area contributed by atoms with Gasteiger partial charge in [0.1, 0.15) is 10.7 Å². The molecule has 7 heteroatoms. The number of amides is 1. The molecule has 3 heterocycles. The molecule has 1 amide bonds. The maximum absolute atomic E-state index is 13.3. The largest absolute Gasteiger partial charge is 0.328 e. The van der Waals surface area contributed by atoms with E-state index in [9.17, 15) is 9.59 Å². The van der Waals surface area contributed by atoms with Crippen molar-refractivity contribution in [1.29, 1.82) is 0 Å². The fourth-order valence-electron chi connectivity index (χ4n) is 4.86. The SMILES string of the molecule is O=C(c1cccnc1)N(Cc1nc2sc3c(c2c(=O)[nH]1)CCCC3)C1CCCCC1. The van der Waals surface area contributed by atoms with Gasteiger partial charge in [0.05, 0.1) is 17.5 Å². The molecule has 0 atom stereocenters. The van der Waals surface area contributed by atoms with Crippen LogP contribution in [0.15, 0.2) is 29.3 Å². The topological polar surface area (TPSA) is 79.0 Å². The van der Waals surface area contributed by atoms with Crippen LogP contribution < -0.4 is 5.56 Å². The summed E-state index contributed by atoms with van der Waals surface area (Å²) in [7, 11) is 0. The number of nitrogens with one attached hydrogen (secondary N) is 1. The Kier molecular flexibility index (Phi) is 5.37. The van der Waals surface area contributed by atoms with E-state index in [1.54, 1.807) is 35.9 Å². The van der Waals surface area contributed by atoms with Crippen molar-refractivity contribution in [2.24, 2.45) is 0 Å². The van der Waals surface area contributed by atoms with Gasteiger partial charge >= 0.3 is 0 Å². The highest BCUT2D eigenvalue weighted by atomic mass is 32.1. The van der Waals surface area contributed by atoms with Crippen LogP contribution in [0.2, 0.25) is 0 Å². The van der Waals surface area contributed by atoms with Crippen LogP contribution in [-0.2, 0) is 19.4 Å². The third kappa shape index (κ3) is 3.67. The van der Waals surface area contributed by atoms with Gasteiger partial charge in [0.2, 0.25) is 0 Å². The molecule has 2 aliphatic rings. The summed E-state index contributed by atoms with van der Waals surface area (Å²) in [5.74, 6) is 0.539. The molecule has 1 saturated carbocycles. The predicted octanol–water partition coefficient (Wildman–Crippen LogP) is 4.23. The second-order valence-corrected chi connectivity index (χ2v) is 9.45. The second-order valence-electron chi connectivity index (χ2n) is 8.37. The minimum atomic E-state index is -0.0631. The molecule has 0 aliphatic heterocycles. The molecule has 3 aromatic heterocycles. The minimum Gasteiger partial charge on any atom is -0.328 e. The highest BCUT2D eigenvalue weighted by Gasteiger charge is 2.28. The van der Waals surface area contributed by atoms with Crippen molar-refractivity contribution in [1.82, 2.24) is 19.9 Å². The van der Waals surface area contributed by atoms with E-state index >= 15 is 0 Å². The Balaban J connectivity index is 1.50. The van der Waals surface area contributed by atoms with E-state index in [0.29, 0.717) is 17.9 Å². The van der Waals surface area contributed by atoms with Gasteiger partial charge in [-0.15, -0.1) is 11.3 Å². The van der Waals surface area contributed by atoms with Crippen LogP contribution in [0.25, 0.3) is 10.2 Å². The number of carbonyl (C=O) groups excluding carboxylic acids is 1. The number of hydrogen-bond acceptors (Lipinski definition) is 5. The molecular weight excluding hydrogens is 396 g/mol. The second kappa shape index (κ2) is 8.30. The summed E-state index contributed by atoms with van der Waals surface area (Å²) in [6.07, 6.45) is 13.1. The molecule has 0 saturated heterocycles. The Labute approximate surface area is 179 Å². The number of fused-ring (bicyclic) bond motifs is 3. The highest BCUT2D eigenvalue weighted by molar-refractivity contribution is 7.18. The Bertz CT molecular complexity index is 1120. The molecule has 156 valence electrons. The van der Waals surface area contributed by atoms with Crippen molar-refractivity contribution >= 4 is 27.5 Å². The first-order chi connectivity index (χ1) is 14.7. The lowest BCUT2D eigenvalue weighted by Crippen LogP contribution is -2.41. The molecule has 1 N–H and O–H groups in total. The maximum atomic E-state index is 13.3. The minimum absolute atomic E-state index is 0.0387. The molecule has 3 aromatic rings. The van der Waals surface area contributed by atoms with Crippen molar-refractivity contribution in [3.05, 3.63) is 56.7 Å². The van der Waals surface area contributed by atoms with Crippen LogP contribution in [0.1, 0.15) is 71.6 Å². The number of hydrogen-bond donors (Lipinski definition) is 1. The number of thiophene rings is 1. The summed E-state index contributed by atoms with van der Waals surface area (Å²) in [6, 6.07) is 3.76. The predicted molar refractivity (Wildman–Crippen MR) is 118 cm³/mol. The van der Waals surface area contributed by atoms with Gasteiger partial charge in [-0.05, 0) is 56.2 Å². The smallest absolute Gasteiger partial charge is 0.259 e. The number of pyridine rings is 1. The average molecular weight is 423 g/mol. The van der Waals surface area contributed by atoms with E-state index in [1.165, 1.54) is 23.3 Å². The van der Waals surface area contributed by atoms with Gasteiger partial charge < -0.3 is 9.88 Å². The molecule has 1 fully saturated rings. The molecule has 0 spiro atoms. The Morgan fingerprint density at radius 3 is 2.80 bits per heavy atom. The molecule has 30 heavy (non-hydrogen) atoms. The zero-order valence-electron chi connectivity index (χ0n) is 17.0. The van der Waals surface area contributed by atoms with E-state index < -0.39 is 0 Å². The van der Waals surface area contributed by atoms with E-state index in [1.807, 2.05) is 4.90 Å². The third-order valence-corrected chi connectivity index (χ3v) is 7.56. The van der Waals surface area contributed by atoms with Crippen molar-refractivity contribution < 1.29 is 4.79 Å². The Hall–Kier alpha value is -2.54. The van der Waals surface area contributed by atoms with Crippen molar-refractivity contribution in [3.63, 3.8) is 0 Å². The first-order valence-electron chi connectivity index (χ1n) is 10.9. The molecule has 5 rings (SSSR count). The quantitative estimate of drug-likeness (QED) is 0.682. The summed E-state index contributed by atoms with van der Waals surface area (Å²) in [4.78, 5) is 42.2. The van der Waals surface area contributed by atoms with Crippen molar-refractivity contribution in [3.8, 4) is 0 Å². The standard InChI is InChI=1S/C23H26N4O2S/c28-21-20-17-10-4-5-11-18(17)30-22(20)26-19(25-21)14-27(16-8-2-1-3-9-16)23(29)15-7-6-12-24-13-15/h6-7,12-13,16H,1-5,8-11,14H2,(H,25,26,28). The van der Waals surface area contributed by atoms with Gasteiger partial charge in [0.15, 0.2) is 0 Å². The maximum Gasteiger partial charge on any atom is 0.259 e. The monoisotopic (exact) mass is 422 g/mol. The molecule has 0 bridgehead atoms. The third-order valence-electron chi connectivity index (χ3n) is 6.38. The Morgan fingerprint density at radius 2 is 2.00 bits per heavy atom. The first kappa shape index (κ1) is 19.4. The lowest BCUT2D eigenvalue weighted by Gasteiger charge is -2.34. The van der Waals surface area contributed by atoms with E-state index in [0.717, 1.165) is 55.2 Å². The van der Waals surface area contributed by atoms with Crippen LogP contribution in [0, 0.1) is 0 Å². The van der Waals surface area contributed by atoms with Gasteiger partial charge in [-0.3, -0.25) is 14.6 Å². The molecule has 2 aliphatic carbocycles. The first-order valence-corrected chi connectivity index (χ1v) is 11.8. The van der Waals surface area contributed by atoms with Crippen LogP contribution in [-0.4, -0.2) is 31.8 Å². The molecule has 0 aromatic carbocycles. The number of nitrogens with zero attached hydrogens (tertiary/aromatic N) is 3. The molecule has 0 unspecified atom stereocenters. The fraction of sp³-hybridized carbons (Fsp3) is 0.478. The van der Waals surface area contributed by atoms with E-state index in [2.05, 4.69) is 9.97 Å². The lowest BCUT2D eigenvalue weighted by molar-refractivity contribution is 0.0607. The summed E-state index contributed by atoms with van der Waals surface area (Å²) in [6.45, 7) is 0.326. The highest BCUT2D eigenvalue weighted by Crippen LogP contribution is 2.33. The van der Waals surface area contributed by atoms with E-state index in [4.69, 9.17) is 4.98 Å². The van der Waals surface area contributed by atoms with Gasteiger partial charge in [-0.25, -0.2) is 4.98 Å². The van der Waals surface area contributed by atoms with Crippen molar-refractivity contribution in [2.75, 3.05) is 0 Å². The number of H-pyrrole nitrogens is 1. The van der Waals surface area contributed by atoms with E-state index in [-0.39, 0.29) is 17.5 Å².